The zero-order valence-corrected chi connectivity index (χ0v) is 16.4. The minimum atomic E-state index is 0.468. The highest BCUT2D eigenvalue weighted by atomic mass is 14.4. The molecule has 1 aliphatic heterocycles. The minimum Gasteiger partial charge on any atom is -0.0796 e. The third-order valence-corrected chi connectivity index (χ3v) is 6.94. The zero-order chi connectivity index (χ0) is 17.2. The molecule has 0 bridgehead atoms. The summed E-state index contributed by atoms with van der Waals surface area (Å²) in [6.45, 7) is 0. The molecule has 0 amide bonds. The predicted octanol–water partition coefficient (Wildman–Crippen LogP) is 7.62. The molecule has 1 atom stereocenters. The molecule has 0 N–H and O–H groups in total. The van der Waals surface area contributed by atoms with Crippen molar-refractivity contribution in [3.63, 3.8) is 0 Å². The van der Waals surface area contributed by atoms with Gasteiger partial charge in [0.1, 0.15) is 7.28 Å². The lowest BCUT2D eigenvalue weighted by Gasteiger charge is -2.42. The summed E-state index contributed by atoms with van der Waals surface area (Å²) < 4.78 is 0. The smallest absolute Gasteiger partial charge is 0.0796 e. The fourth-order valence-electron chi connectivity index (χ4n) is 5.48. The largest absolute Gasteiger partial charge is 0.118 e. The molecule has 1 saturated heterocycles. The average Bonchev–Trinajstić information content (AvgIpc) is 2.85. The molecule has 2 fully saturated rings. The average molecular weight is 337 g/mol. The molecule has 1 aromatic rings. The highest BCUT2D eigenvalue weighted by Crippen LogP contribution is 2.50. The van der Waals surface area contributed by atoms with Crippen molar-refractivity contribution >= 4 is 7.28 Å². The molecule has 1 aromatic carbocycles. The number of benzene rings is 1. The van der Waals surface area contributed by atoms with E-state index >= 15 is 0 Å². The topological polar surface area (TPSA) is 0 Å². The first-order valence-corrected chi connectivity index (χ1v) is 11.3. The maximum atomic E-state index is 2.83. The summed E-state index contributed by atoms with van der Waals surface area (Å²) in [6.07, 6.45) is 23.1. The van der Waals surface area contributed by atoms with Crippen LogP contribution in [0.2, 0.25) is 11.6 Å². The third-order valence-electron chi connectivity index (χ3n) is 6.94. The quantitative estimate of drug-likeness (QED) is 0.498. The molecule has 0 aromatic heterocycles. The molecule has 0 unspecified atom stereocenters. The van der Waals surface area contributed by atoms with Crippen LogP contribution in [-0.4, -0.2) is 7.28 Å². The van der Waals surface area contributed by atoms with Crippen molar-refractivity contribution in [1.82, 2.24) is 0 Å². The molecule has 0 spiro atoms. The third kappa shape index (κ3) is 5.90. The molecular weight excluding hydrogens is 299 g/mol. The summed E-state index contributed by atoms with van der Waals surface area (Å²) in [4.78, 5) is 0. The van der Waals surface area contributed by atoms with E-state index < -0.39 is 0 Å². The first-order valence-electron chi connectivity index (χ1n) is 11.3. The maximum Gasteiger partial charge on any atom is 0.118 e. The van der Waals surface area contributed by atoms with Crippen molar-refractivity contribution in [2.45, 2.75) is 108 Å². The van der Waals surface area contributed by atoms with E-state index in [0.717, 1.165) is 5.92 Å². The van der Waals surface area contributed by atoms with Crippen LogP contribution in [-0.2, 0) is 6.42 Å². The molecular formula is C24H38B. The second-order valence-electron chi connectivity index (χ2n) is 8.80. The van der Waals surface area contributed by atoms with Crippen molar-refractivity contribution < 1.29 is 0 Å². The van der Waals surface area contributed by atoms with E-state index in [2.05, 4.69) is 37.6 Å². The first kappa shape index (κ1) is 19.1. The van der Waals surface area contributed by atoms with Crippen molar-refractivity contribution in [2.75, 3.05) is 0 Å². The summed E-state index contributed by atoms with van der Waals surface area (Å²) in [7, 11) is 2.83. The predicted molar refractivity (Wildman–Crippen MR) is 112 cm³/mol. The monoisotopic (exact) mass is 337 g/mol. The second-order valence-corrected chi connectivity index (χ2v) is 8.80. The van der Waals surface area contributed by atoms with Gasteiger partial charge in [0.15, 0.2) is 0 Å². The molecule has 1 radical (unpaired) electrons. The summed E-state index contributed by atoms with van der Waals surface area (Å²) in [5.74, 6) is 0.920. The minimum absolute atomic E-state index is 0.468. The van der Waals surface area contributed by atoms with Gasteiger partial charge in [0.05, 0.1) is 0 Å². The Labute approximate surface area is 157 Å². The summed E-state index contributed by atoms with van der Waals surface area (Å²) >= 11 is 0. The molecule has 1 heterocycles. The zero-order valence-electron chi connectivity index (χ0n) is 16.4. The Bertz CT molecular complexity index is 446. The van der Waals surface area contributed by atoms with Crippen LogP contribution >= 0.6 is 0 Å². The maximum absolute atomic E-state index is 2.83. The van der Waals surface area contributed by atoms with E-state index in [1.54, 1.807) is 5.56 Å². The summed E-state index contributed by atoms with van der Waals surface area (Å²) in [5.41, 5.74) is 1.57. The number of hydrogen-bond acceptors (Lipinski definition) is 0. The van der Waals surface area contributed by atoms with Crippen LogP contribution in [0.3, 0.4) is 0 Å². The van der Waals surface area contributed by atoms with Crippen molar-refractivity contribution in [3.05, 3.63) is 35.9 Å². The van der Waals surface area contributed by atoms with Gasteiger partial charge >= 0.3 is 0 Å². The van der Waals surface area contributed by atoms with Crippen LogP contribution in [0.15, 0.2) is 30.3 Å². The Balaban J connectivity index is 1.82. The molecule has 3 rings (SSSR count). The van der Waals surface area contributed by atoms with Crippen molar-refractivity contribution in [1.29, 1.82) is 0 Å². The van der Waals surface area contributed by atoms with Crippen LogP contribution in [0.5, 0.6) is 0 Å². The SMILES string of the molecule is [B]1CCCCCCC[C@@]1(Cc1ccccc1)C1CCCCCCCC1. The normalized spacial score (nSPS) is 27.7. The van der Waals surface area contributed by atoms with E-state index in [9.17, 15) is 0 Å². The Morgan fingerprint density at radius 1 is 0.720 bits per heavy atom. The Kier molecular flexibility index (Phi) is 7.96. The second kappa shape index (κ2) is 10.4. The Morgan fingerprint density at radius 2 is 1.32 bits per heavy atom. The fraction of sp³-hybridized carbons (Fsp3) is 0.750. The van der Waals surface area contributed by atoms with Gasteiger partial charge in [-0.1, -0.05) is 132 Å². The van der Waals surface area contributed by atoms with Gasteiger partial charge in [-0.2, -0.15) is 0 Å². The van der Waals surface area contributed by atoms with Gasteiger partial charge in [0.2, 0.25) is 0 Å². The summed E-state index contributed by atoms with van der Waals surface area (Å²) in [5, 5.41) is 0.468. The number of hydrogen-bond donors (Lipinski definition) is 0. The van der Waals surface area contributed by atoms with Gasteiger partial charge in [0.25, 0.3) is 0 Å². The number of rotatable bonds is 3. The summed E-state index contributed by atoms with van der Waals surface area (Å²) in [6, 6.07) is 11.4. The van der Waals surface area contributed by atoms with Crippen molar-refractivity contribution in [3.8, 4) is 0 Å². The first-order chi connectivity index (χ1) is 12.4. The molecule has 1 saturated carbocycles. The molecule has 25 heavy (non-hydrogen) atoms. The Morgan fingerprint density at radius 3 is 2.04 bits per heavy atom. The highest BCUT2D eigenvalue weighted by Gasteiger charge is 2.38. The molecule has 0 nitrogen and oxygen atoms in total. The highest BCUT2D eigenvalue weighted by molar-refractivity contribution is 6.40. The molecule has 2 aliphatic rings. The van der Waals surface area contributed by atoms with Crippen LogP contribution < -0.4 is 0 Å². The van der Waals surface area contributed by atoms with Crippen LogP contribution in [0.4, 0.5) is 0 Å². The fourth-order valence-corrected chi connectivity index (χ4v) is 5.48. The molecule has 137 valence electrons. The van der Waals surface area contributed by atoms with Crippen LogP contribution in [0.25, 0.3) is 0 Å². The van der Waals surface area contributed by atoms with Gasteiger partial charge in [-0.05, 0) is 17.9 Å². The van der Waals surface area contributed by atoms with Gasteiger partial charge in [-0.15, -0.1) is 0 Å². The van der Waals surface area contributed by atoms with E-state index in [4.69, 9.17) is 0 Å². The van der Waals surface area contributed by atoms with Gasteiger partial charge in [-0.3, -0.25) is 0 Å². The van der Waals surface area contributed by atoms with Gasteiger partial charge in [-0.25, -0.2) is 0 Å². The standard InChI is InChI=1S/C24H38B/c1-2-5-12-18-23(17-11-4-1)24(21-22-15-9-8-10-16-22)19-13-6-3-7-14-20-25-24/h8-10,15-16,23H,1-7,11-14,17-21H2/t24-/m1/s1. The lowest BCUT2D eigenvalue weighted by Crippen LogP contribution is -2.32. The van der Waals surface area contributed by atoms with Gasteiger partial charge in [0, 0.05) is 0 Å². The molecule has 1 aliphatic carbocycles. The lowest BCUT2D eigenvalue weighted by atomic mass is 9.41. The van der Waals surface area contributed by atoms with Crippen molar-refractivity contribution in [2.24, 2.45) is 5.92 Å². The van der Waals surface area contributed by atoms with Crippen LogP contribution in [0, 0.1) is 5.92 Å². The van der Waals surface area contributed by atoms with E-state index in [-0.39, 0.29) is 0 Å². The lowest BCUT2D eigenvalue weighted by molar-refractivity contribution is 0.275. The van der Waals surface area contributed by atoms with E-state index in [1.807, 2.05) is 0 Å². The van der Waals surface area contributed by atoms with Gasteiger partial charge < -0.3 is 0 Å². The van der Waals surface area contributed by atoms with E-state index in [1.165, 1.54) is 103 Å². The Hall–Kier alpha value is -0.715. The van der Waals surface area contributed by atoms with Crippen LogP contribution in [0.1, 0.15) is 95.5 Å². The molecule has 1 heteroatoms. The van der Waals surface area contributed by atoms with E-state index in [0.29, 0.717) is 5.31 Å².